The number of rotatable bonds is 3. The van der Waals surface area contributed by atoms with Crippen molar-refractivity contribution < 1.29 is 4.39 Å². The van der Waals surface area contributed by atoms with Crippen molar-refractivity contribution in [3.05, 3.63) is 58.9 Å². The number of hydrogen-bond acceptors (Lipinski definition) is 2. The summed E-state index contributed by atoms with van der Waals surface area (Å²) in [5, 5.41) is 0.621. The van der Waals surface area contributed by atoms with Crippen molar-refractivity contribution in [3.8, 4) is 0 Å². The molecule has 2 aromatic rings. The maximum Gasteiger partial charge on any atom is 0.125 e. The van der Waals surface area contributed by atoms with Crippen LogP contribution in [0.5, 0.6) is 0 Å². The molecular weight excluding hydrogens is 263 g/mol. The summed E-state index contributed by atoms with van der Waals surface area (Å²) in [6.45, 7) is 1.89. The summed E-state index contributed by atoms with van der Waals surface area (Å²) in [6, 6.07) is 12.0. The predicted octanol–water partition coefficient (Wildman–Crippen LogP) is 4.27. The van der Waals surface area contributed by atoms with Crippen molar-refractivity contribution in [3.63, 3.8) is 0 Å². The molecule has 1 atom stereocenters. The van der Waals surface area contributed by atoms with Crippen LogP contribution in [0.2, 0.25) is 5.02 Å². The second kappa shape index (κ2) is 5.59. The first kappa shape index (κ1) is 13.8. The topological polar surface area (TPSA) is 29.3 Å². The molecule has 4 heteroatoms. The Hall–Kier alpha value is -1.58. The van der Waals surface area contributed by atoms with E-state index in [0.29, 0.717) is 5.02 Å². The summed E-state index contributed by atoms with van der Waals surface area (Å²) in [4.78, 5) is 1.87. The zero-order valence-electron chi connectivity index (χ0n) is 10.9. The van der Waals surface area contributed by atoms with Crippen LogP contribution in [0.25, 0.3) is 0 Å². The maximum absolute atomic E-state index is 13.2. The van der Waals surface area contributed by atoms with Crippen molar-refractivity contribution in [2.75, 3.05) is 11.9 Å². The second-order valence-electron chi connectivity index (χ2n) is 4.53. The van der Waals surface area contributed by atoms with Gasteiger partial charge in [0.15, 0.2) is 0 Å². The van der Waals surface area contributed by atoms with Crippen LogP contribution >= 0.6 is 11.6 Å². The molecule has 1 unspecified atom stereocenters. The van der Waals surface area contributed by atoms with Crippen LogP contribution in [0.4, 0.5) is 15.8 Å². The van der Waals surface area contributed by atoms with Gasteiger partial charge in [-0.3, -0.25) is 0 Å². The Kier molecular flexibility index (Phi) is 4.08. The molecular formula is C15H16ClFN2. The maximum atomic E-state index is 13.2. The van der Waals surface area contributed by atoms with Crippen molar-refractivity contribution in [2.45, 2.75) is 13.0 Å². The number of benzene rings is 2. The van der Waals surface area contributed by atoms with Gasteiger partial charge in [-0.05, 0) is 42.8 Å². The number of nitrogens with zero attached hydrogens (tertiary/aromatic N) is 1. The monoisotopic (exact) mass is 278 g/mol. The minimum absolute atomic E-state index is 0.110. The molecule has 0 aliphatic rings. The van der Waals surface area contributed by atoms with Crippen LogP contribution in [-0.4, -0.2) is 7.05 Å². The average molecular weight is 279 g/mol. The molecule has 0 bridgehead atoms. The molecule has 0 saturated carbocycles. The van der Waals surface area contributed by atoms with Crippen molar-refractivity contribution in [2.24, 2.45) is 5.73 Å². The van der Waals surface area contributed by atoms with Crippen LogP contribution in [0, 0.1) is 5.82 Å². The van der Waals surface area contributed by atoms with Crippen LogP contribution in [-0.2, 0) is 0 Å². The summed E-state index contributed by atoms with van der Waals surface area (Å²) >= 11 is 6.21. The summed E-state index contributed by atoms with van der Waals surface area (Å²) < 4.78 is 13.2. The smallest absolute Gasteiger partial charge is 0.125 e. The third-order valence-corrected chi connectivity index (χ3v) is 3.38. The Morgan fingerprint density at radius 3 is 2.42 bits per heavy atom. The van der Waals surface area contributed by atoms with E-state index < -0.39 is 0 Å². The Balaban J connectivity index is 2.34. The molecule has 0 fully saturated rings. The van der Waals surface area contributed by atoms with Crippen LogP contribution in [0.3, 0.4) is 0 Å². The lowest BCUT2D eigenvalue weighted by Crippen LogP contribution is -2.11. The highest BCUT2D eigenvalue weighted by molar-refractivity contribution is 6.31. The highest BCUT2D eigenvalue weighted by atomic mass is 35.5. The SMILES string of the molecule is CC(N)c1ccc(N(C)c2cccc(F)c2)cc1Cl. The molecule has 19 heavy (non-hydrogen) atoms. The molecule has 0 heterocycles. The lowest BCUT2D eigenvalue weighted by atomic mass is 10.1. The number of halogens is 2. The zero-order valence-corrected chi connectivity index (χ0v) is 11.7. The van der Waals surface area contributed by atoms with Gasteiger partial charge in [-0.1, -0.05) is 23.7 Å². The van der Waals surface area contributed by atoms with E-state index in [4.69, 9.17) is 17.3 Å². The summed E-state index contributed by atoms with van der Waals surface area (Å²) in [6.07, 6.45) is 0. The van der Waals surface area contributed by atoms with E-state index in [1.54, 1.807) is 6.07 Å². The van der Waals surface area contributed by atoms with Crippen molar-refractivity contribution in [1.29, 1.82) is 0 Å². The van der Waals surface area contributed by atoms with Crippen molar-refractivity contribution in [1.82, 2.24) is 0 Å². The number of hydrogen-bond donors (Lipinski definition) is 1. The molecule has 0 spiro atoms. The average Bonchev–Trinajstić information content (AvgIpc) is 2.37. The summed E-state index contributed by atoms with van der Waals surface area (Å²) in [7, 11) is 1.87. The number of anilines is 2. The summed E-state index contributed by atoms with van der Waals surface area (Å²) in [5.74, 6) is -0.261. The molecule has 0 aliphatic heterocycles. The van der Waals surface area contributed by atoms with Gasteiger partial charge < -0.3 is 10.6 Å². The zero-order chi connectivity index (χ0) is 14.0. The lowest BCUT2D eigenvalue weighted by Gasteiger charge is -2.21. The fourth-order valence-corrected chi connectivity index (χ4v) is 2.27. The molecule has 0 saturated heterocycles. The van der Waals surface area contributed by atoms with Crippen LogP contribution < -0.4 is 10.6 Å². The van der Waals surface area contributed by atoms with Gasteiger partial charge in [0.1, 0.15) is 5.82 Å². The third-order valence-electron chi connectivity index (χ3n) is 3.06. The largest absolute Gasteiger partial charge is 0.344 e. The highest BCUT2D eigenvalue weighted by Crippen LogP contribution is 2.30. The molecule has 100 valence electrons. The van der Waals surface area contributed by atoms with Gasteiger partial charge in [-0.25, -0.2) is 4.39 Å². The molecule has 0 radical (unpaired) electrons. The fraction of sp³-hybridized carbons (Fsp3) is 0.200. The highest BCUT2D eigenvalue weighted by Gasteiger charge is 2.10. The Morgan fingerprint density at radius 2 is 1.84 bits per heavy atom. The van der Waals surface area contributed by atoms with E-state index in [0.717, 1.165) is 16.9 Å². The van der Waals surface area contributed by atoms with E-state index in [2.05, 4.69) is 0 Å². The van der Waals surface area contributed by atoms with Gasteiger partial charge in [0.05, 0.1) is 0 Å². The first-order valence-electron chi connectivity index (χ1n) is 6.03. The Labute approximate surface area is 117 Å². The van der Waals surface area contributed by atoms with E-state index >= 15 is 0 Å². The standard InChI is InChI=1S/C15H16ClFN2/c1-10(18)14-7-6-13(9-15(14)16)19(2)12-5-3-4-11(17)8-12/h3-10H,18H2,1-2H3. The van der Waals surface area contributed by atoms with Gasteiger partial charge in [0.25, 0.3) is 0 Å². The van der Waals surface area contributed by atoms with Gasteiger partial charge in [0, 0.05) is 29.5 Å². The van der Waals surface area contributed by atoms with Gasteiger partial charge >= 0.3 is 0 Å². The Morgan fingerprint density at radius 1 is 1.16 bits per heavy atom. The fourth-order valence-electron chi connectivity index (χ4n) is 1.93. The van der Waals surface area contributed by atoms with E-state index in [-0.39, 0.29) is 11.9 Å². The quantitative estimate of drug-likeness (QED) is 0.909. The third kappa shape index (κ3) is 3.06. The normalized spacial score (nSPS) is 12.3. The first-order valence-corrected chi connectivity index (χ1v) is 6.41. The molecule has 0 aromatic heterocycles. The van der Waals surface area contributed by atoms with Crippen LogP contribution in [0.1, 0.15) is 18.5 Å². The molecule has 0 aliphatic carbocycles. The summed E-state index contributed by atoms with van der Waals surface area (Å²) in [5.41, 5.74) is 8.38. The van der Waals surface area contributed by atoms with Gasteiger partial charge in [-0.15, -0.1) is 0 Å². The molecule has 2 aromatic carbocycles. The van der Waals surface area contributed by atoms with E-state index in [1.165, 1.54) is 12.1 Å². The first-order chi connectivity index (χ1) is 8.99. The minimum Gasteiger partial charge on any atom is -0.344 e. The predicted molar refractivity (Wildman–Crippen MR) is 78.5 cm³/mol. The second-order valence-corrected chi connectivity index (χ2v) is 4.94. The van der Waals surface area contributed by atoms with E-state index in [9.17, 15) is 4.39 Å². The van der Waals surface area contributed by atoms with E-state index in [1.807, 2.05) is 43.1 Å². The minimum atomic E-state index is -0.261. The molecule has 2 nitrogen and oxygen atoms in total. The molecule has 0 amide bonds. The number of nitrogens with two attached hydrogens (primary N) is 1. The molecule has 2 rings (SSSR count). The Bertz CT molecular complexity index is 584. The van der Waals surface area contributed by atoms with Gasteiger partial charge in [-0.2, -0.15) is 0 Å². The lowest BCUT2D eigenvalue weighted by molar-refractivity contribution is 0.628. The van der Waals surface area contributed by atoms with Crippen molar-refractivity contribution >= 4 is 23.0 Å². The molecule has 2 N–H and O–H groups in total. The van der Waals surface area contributed by atoms with Crippen LogP contribution in [0.15, 0.2) is 42.5 Å². The van der Waals surface area contributed by atoms with Gasteiger partial charge in [0.2, 0.25) is 0 Å².